The van der Waals surface area contributed by atoms with Gasteiger partial charge >= 0.3 is 5.97 Å². The second-order valence-electron chi connectivity index (χ2n) is 16.7. The molecule has 6 aromatic carbocycles. The van der Waals surface area contributed by atoms with E-state index in [1.807, 2.05) is 150 Å². The van der Waals surface area contributed by atoms with Crippen molar-refractivity contribution in [1.82, 2.24) is 4.90 Å². The summed E-state index contributed by atoms with van der Waals surface area (Å²) in [5.74, 6) is 4.62. The van der Waals surface area contributed by atoms with E-state index < -0.39 is 53.3 Å². The fourth-order valence-corrected chi connectivity index (χ4v) is 10.3. The van der Waals surface area contributed by atoms with Crippen molar-refractivity contribution in [3.05, 3.63) is 185 Å². The van der Waals surface area contributed by atoms with E-state index in [4.69, 9.17) is 18.9 Å². The summed E-state index contributed by atoms with van der Waals surface area (Å²) >= 11 is 0. The highest BCUT2D eigenvalue weighted by molar-refractivity contribution is 6.13. The average Bonchev–Trinajstić information content (AvgIpc) is 3.84. The number of aliphatic hydroxyl groups excluding tert-OH is 1. The van der Waals surface area contributed by atoms with Crippen molar-refractivity contribution >= 4 is 34.8 Å². The summed E-state index contributed by atoms with van der Waals surface area (Å²) in [4.78, 5) is 51.0. The molecule has 12 heteroatoms. The van der Waals surface area contributed by atoms with Gasteiger partial charge in [-0.15, -0.1) is 0 Å². The van der Waals surface area contributed by atoms with Crippen molar-refractivity contribution in [3.8, 4) is 23.3 Å². The van der Waals surface area contributed by atoms with Gasteiger partial charge in [-0.05, 0) is 89.5 Å². The molecule has 0 radical (unpaired) electrons. The maximum atomic E-state index is 15.7. The van der Waals surface area contributed by atoms with E-state index >= 15 is 14.4 Å². The topological polar surface area (TPSA) is 139 Å². The minimum atomic E-state index is -1.79. The number of methoxy groups -OCH3 is 1. The molecule has 10 rings (SSSR count). The lowest BCUT2D eigenvalue weighted by Gasteiger charge is -2.46. The molecular weight excluding hydrogens is 833 g/mol. The number of carbonyl (C=O) groups excluding carboxylic acids is 3. The van der Waals surface area contributed by atoms with E-state index in [0.717, 1.165) is 35.5 Å². The molecule has 0 unspecified atom stereocenters. The predicted molar refractivity (Wildman–Crippen MR) is 249 cm³/mol. The van der Waals surface area contributed by atoms with E-state index in [0.29, 0.717) is 52.8 Å². The number of morpholine rings is 2. The number of benzene rings is 6. The molecule has 3 saturated heterocycles. The first-order valence-corrected chi connectivity index (χ1v) is 22.1. The number of carbonyl (C=O) groups is 3. The van der Waals surface area contributed by atoms with Crippen molar-refractivity contribution < 1.29 is 38.4 Å². The van der Waals surface area contributed by atoms with Gasteiger partial charge < -0.3 is 39.6 Å². The van der Waals surface area contributed by atoms with E-state index in [1.165, 1.54) is 0 Å². The Morgan fingerprint density at radius 2 is 1.47 bits per heavy atom. The fraction of sp³-hybridized carbons (Fsp3) is 0.241. The Bertz CT molecular complexity index is 2810. The van der Waals surface area contributed by atoms with Crippen LogP contribution in [0.4, 0.5) is 17.1 Å². The van der Waals surface area contributed by atoms with E-state index in [9.17, 15) is 5.11 Å². The van der Waals surface area contributed by atoms with Crippen LogP contribution in [-0.2, 0) is 29.3 Å². The third kappa shape index (κ3) is 7.60. The van der Waals surface area contributed by atoms with Gasteiger partial charge in [0.05, 0.1) is 44.9 Å². The van der Waals surface area contributed by atoms with Crippen molar-refractivity contribution in [2.45, 2.75) is 29.6 Å². The van der Waals surface area contributed by atoms with Gasteiger partial charge in [0, 0.05) is 46.8 Å². The van der Waals surface area contributed by atoms with Crippen LogP contribution in [0.25, 0.3) is 0 Å². The molecule has 2 amide bonds. The number of anilines is 3. The summed E-state index contributed by atoms with van der Waals surface area (Å²) in [7, 11) is 1.61. The number of cyclic esters (lactones) is 1. The number of nitrogens with one attached hydrogen (secondary N) is 2. The number of ether oxygens (including phenoxy) is 4. The Morgan fingerprint density at radius 1 is 0.803 bits per heavy atom. The highest BCUT2D eigenvalue weighted by Crippen LogP contribution is 2.65. The number of rotatable bonds is 10. The molecule has 3 fully saturated rings. The number of fused-ring (bicyclic) bond motifs is 3. The van der Waals surface area contributed by atoms with Crippen molar-refractivity contribution in [3.63, 3.8) is 0 Å². The quantitative estimate of drug-likeness (QED) is 0.0956. The van der Waals surface area contributed by atoms with Crippen molar-refractivity contribution in [1.29, 1.82) is 0 Å². The molecular formula is C54H48N4O8. The fourth-order valence-electron chi connectivity index (χ4n) is 10.3. The maximum Gasteiger partial charge on any atom is 0.324 e. The van der Waals surface area contributed by atoms with Crippen LogP contribution in [0.3, 0.4) is 0 Å². The number of hydrogen-bond donors (Lipinski definition) is 3. The Hall–Kier alpha value is -7.43. The van der Waals surface area contributed by atoms with Crippen LogP contribution in [-0.4, -0.2) is 80.5 Å². The van der Waals surface area contributed by atoms with Gasteiger partial charge in [-0.1, -0.05) is 90.7 Å². The van der Waals surface area contributed by atoms with Crippen molar-refractivity contribution in [2.75, 3.05) is 62.2 Å². The second-order valence-corrected chi connectivity index (χ2v) is 16.7. The molecule has 0 aliphatic carbocycles. The Kier molecular flexibility index (Phi) is 11.7. The number of amides is 2. The van der Waals surface area contributed by atoms with Crippen LogP contribution in [0.5, 0.6) is 11.5 Å². The highest BCUT2D eigenvalue weighted by atomic mass is 16.6. The summed E-state index contributed by atoms with van der Waals surface area (Å²) in [5, 5.41) is 16.4. The van der Waals surface area contributed by atoms with E-state index in [2.05, 4.69) is 27.4 Å². The zero-order valence-corrected chi connectivity index (χ0v) is 36.3. The van der Waals surface area contributed by atoms with Gasteiger partial charge in [-0.25, -0.2) is 0 Å². The Morgan fingerprint density at radius 3 is 2.18 bits per heavy atom. The molecule has 1 spiro atoms. The summed E-state index contributed by atoms with van der Waals surface area (Å²) in [5.41, 5.74) is 4.16. The maximum absolute atomic E-state index is 15.7. The molecule has 6 aromatic rings. The minimum absolute atomic E-state index is 0.0325. The average molecular weight is 881 g/mol. The first kappa shape index (κ1) is 42.5. The molecule has 4 aliphatic rings. The van der Waals surface area contributed by atoms with Crippen molar-refractivity contribution in [2.24, 2.45) is 5.92 Å². The normalized spacial score (nSPS) is 23.2. The van der Waals surface area contributed by atoms with E-state index in [-0.39, 0.29) is 13.2 Å². The van der Waals surface area contributed by atoms with Gasteiger partial charge in [0.25, 0.3) is 0 Å². The molecule has 4 heterocycles. The SMILES string of the molecule is COc1ccc(C#Cc2ccc3c(c2)[C@]2(C(=O)N3)[C@H](C(=O)Nc3ccc(N4CCOCC4)cc3)[C@H]3C(=O)O[C@H](c4ccccc4)[C@H](c4ccccc4)N3[C@@H]2c2ccccc2OCCO)cc1. The number of hydrogen-bond acceptors (Lipinski definition) is 10. The third-order valence-corrected chi connectivity index (χ3v) is 13.1. The summed E-state index contributed by atoms with van der Waals surface area (Å²) in [6.07, 6.45) is -0.845. The van der Waals surface area contributed by atoms with Crippen LogP contribution in [0.1, 0.15) is 51.6 Å². The minimum Gasteiger partial charge on any atom is -0.497 e. The number of esters is 1. The summed E-state index contributed by atoms with van der Waals surface area (Å²) in [6, 6.07) is 44.1. The standard InChI is InChI=1S/C54H48N4O8/c1-63-41-25-18-35(19-26-41)16-17-36-20-27-44-43(34-36)54(53(62)56-44)46(51(60)55-39-21-23-40(24-22-39)57-28-31-64-32-29-57)48-52(61)66-49(38-12-6-3-7-13-38)47(37-10-4-2-5-11-37)58(48)50(54)42-14-8-9-15-45(42)65-33-30-59/h2-15,18-27,34,46-50,59H,28-33H2,1H3,(H,55,60)(H,56,62)/t46-,47-,48-,49+,50+,54-/m0/s1. The van der Waals surface area contributed by atoms with Gasteiger partial charge in [-0.2, -0.15) is 0 Å². The zero-order valence-electron chi connectivity index (χ0n) is 36.3. The molecule has 0 bridgehead atoms. The van der Waals surface area contributed by atoms with Crippen LogP contribution in [0.2, 0.25) is 0 Å². The van der Waals surface area contributed by atoms with Gasteiger partial charge in [0.2, 0.25) is 11.8 Å². The van der Waals surface area contributed by atoms with Gasteiger partial charge in [-0.3, -0.25) is 19.3 Å². The third-order valence-electron chi connectivity index (χ3n) is 13.1. The smallest absolute Gasteiger partial charge is 0.324 e. The lowest BCUT2D eigenvalue weighted by Crippen LogP contribution is -2.53. The highest BCUT2D eigenvalue weighted by Gasteiger charge is 2.74. The monoisotopic (exact) mass is 880 g/mol. The summed E-state index contributed by atoms with van der Waals surface area (Å²) < 4.78 is 23.8. The molecule has 66 heavy (non-hydrogen) atoms. The van der Waals surface area contributed by atoms with Crippen LogP contribution >= 0.6 is 0 Å². The number of para-hydroxylation sites is 1. The van der Waals surface area contributed by atoms with Crippen LogP contribution in [0, 0.1) is 17.8 Å². The second kappa shape index (κ2) is 18.2. The molecule has 0 saturated carbocycles. The first-order chi connectivity index (χ1) is 32.4. The molecule has 3 N–H and O–H groups in total. The van der Waals surface area contributed by atoms with Crippen LogP contribution in [0.15, 0.2) is 152 Å². The molecule has 0 aromatic heterocycles. The Labute approximate surface area is 383 Å². The lowest BCUT2D eigenvalue weighted by atomic mass is 9.65. The largest absolute Gasteiger partial charge is 0.497 e. The van der Waals surface area contributed by atoms with Crippen LogP contribution < -0.4 is 25.0 Å². The van der Waals surface area contributed by atoms with E-state index in [1.54, 1.807) is 13.2 Å². The molecule has 4 aliphatic heterocycles. The lowest BCUT2D eigenvalue weighted by molar-refractivity contribution is -0.177. The molecule has 6 atom stereocenters. The number of nitrogens with zero attached hydrogens (tertiary/aromatic N) is 2. The first-order valence-electron chi connectivity index (χ1n) is 22.1. The number of aliphatic hydroxyl groups is 1. The predicted octanol–water partition coefficient (Wildman–Crippen LogP) is 7.21. The summed E-state index contributed by atoms with van der Waals surface area (Å²) in [6.45, 7) is 2.44. The molecule has 332 valence electrons. The zero-order chi connectivity index (χ0) is 45.2. The van der Waals surface area contributed by atoms with Gasteiger partial charge in [0.15, 0.2) is 0 Å². The van der Waals surface area contributed by atoms with Gasteiger partial charge in [0.1, 0.15) is 35.7 Å². The Balaban J connectivity index is 1.20. The molecule has 12 nitrogen and oxygen atoms in total.